The fraction of sp³-hybridized carbons (Fsp3) is 0.116. The molecule has 288 valence electrons. The summed E-state index contributed by atoms with van der Waals surface area (Å²) in [6.07, 6.45) is 0. The van der Waals surface area contributed by atoms with Gasteiger partial charge in [0.15, 0.2) is 0 Å². The Morgan fingerprint density at radius 1 is 0.386 bits per heavy atom. The molecule has 0 N–H and O–H groups in total. The molecule has 5 aromatic carbocycles. The number of ether oxygens (including phenoxy) is 6. The number of benzene rings is 5. The van der Waals surface area contributed by atoms with Gasteiger partial charge in [-0.05, 0) is 116 Å². The first-order chi connectivity index (χ1) is 27.4. The van der Waals surface area contributed by atoms with Crippen LogP contribution in [0.5, 0.6) is 23.0 Å². The first-order valence-electron chi connectivity index (χ1n) is 17.4. The van der Waals surface area contributed by atoms with E-state index in [1.807, 2.05) is 27.7 Å². The zero-order valence-electron chi connectivity index (χ0n) is 31.0. The van der Waals surface area contributed by atoms with Gasteiger partial charge in [0.1, 0.15) is 23.0 Å². The van der Waals surface area contributed by atoms with Crippen molar-refractivity contribution in [3.05, 3.63) is 153 Å². The summed E-state index contributed by atoms with van der Waals surface area (Å²) in [6.45, 7) is 9.64. The van der Waals surface area contributed by atoms with E-state index in [2.05, 4.69) is 9.47 Å². The SMILES string of the molecule is CC.CC.Cc1cc(OC(=O)c2ccc(OC(=O)c3ccc4c(c3)C(=O)OC4=O)cc2)ccc1OC(=O)c1ccc(OC(=O)c2ccc3c(c2)C(=O)OC3=O)cc1. The molecule has 0 amide bonds. The molecule has 0 spiro atoms. The maximum atomic E-state index is 12.8. The number of cyclic esters (lactones) is 4. The second-order valence-corrected chi connectivity index (χ2v) is 11.4. The van der Waals surface area contributed by atoms with Crippen molar-refractivity contribution in [3.63, 3.8) is 0 Å². The van der Waals surface area contributed by atoms with E-state index in [0.717, 1.165) is 0 Å². The Kier molecular flexibility index (Phi) is 12.5. The molecular formula is C43H32O14. The van der Waals surface area contributed by atoms with E-state index >= 15 is 0 Å². The Morgan fingerprint density at radius 2 is 0.719 bits per heavy atom. The van der Waals surface area contributed by atoms with Crippen molar-refractivity contribution in [3.8, 4) is 23.0 Å². The van der Waals surface area contributed by atoms with Gasteiger partial charge in [-0.2, -0.15) is 0 Å². The van der Waals surface area contributed by atoms with Gasteiger partial charge in [0.25, 0.3) is 0 Å². The van der Waals surface area contributed by atoms with Gasteiger partial charge in [-0.25, -0.2) is 38.4 Å². The predicted octanol–water partition coefficient (Wildman–Crippen LogP) is 7.55. The van der Waals surface area contributed by atoms with E-state index in [9.17, 15) is 38.4 Å². The molecule has 0 aromatic heterocycles. The molecule has 2 aliphatic rings. The van der Waals surface area contributed by atoms with Crippen molar-refractivity contribution >= 4 is 47.8 Å². The normalized spacial score (nSPS) is 11.9. The molecule has 7 rings (SSSR count). The molecule has 2 aliphatic heterocycles. The Hall–Kier alpha value is -7.74. The van der Waals surface area contributed by atoms with Crippen LogP contribution in [0.4, 0.5) is 0 Å². The molecule has 0 bridgehead atoms. The van der Waals surface area contributed by atoms with Gasteiger partial charge < -0.3 is 28.4 Å². The fourth-order valence-electron chi connectivity index (χ4n) is 5.20. The molecule has 0 saturated carbocycles. The van der Waals surface area contributed by atoms with E-state index in [0.29, 0.717) is 5.56 Å². The third-order valence-corrected chi connectivity index (χ3v) is 7.92. The first-order valence-corrected chi connectivity index (χ1v) is 17.4. The van der Waals surface area contributed by atoms with E-state index in [4.69, 9.17) is 18.9 Å². The number of carbonyl (C=O) groups excluding carboxylic acids is 8. The molecule has 14 heteroatoms. The highest BCUT2D eigenvalue weighted by Crippen LogP contribution is 2.27. The maximum absolute atomic E-state index is 12.8. The summed E-state index contributed by atoms with van der Waals surface area (Å²) in [6, 6.07) is 23.1. The minimum atomic E-state index is -0.855. The zero-order chi connectivity index (χ0) is 41.4. The molecule has 0 atom stereocenters. The monoisotopic (exact) mass is 772 g/mol. The summed E-state index contributed by atoms with van der Waals surface area (Å²) in [7, 11) is 0. The molecule has 0 radical (unpaired) electrons. The standard InChI is InChI=1S/C39H20O14.2C2H6/c1-19-16-26(50-32(40)20-2-8-24(9-3-20)48-34(42)22-6-13-27-29(17-22)38(46)52-36(27)44)12-15-31(19)51-33(41)21-4-10-25(11-5-21)49-35(43)23-7-14-28-30(18-23)39(47)53-37(28)45;2*1-2/h2-18H,1H3;2*1-2H3. The molecule has 0 saturated heterocycles. The summed E-state index contributed by atoms with van der Waals surface area (Å²) in [5, 5.41) is 0. The lowest BCUT2D eigenvalue weighted by atomic mass is 10.1. The van der Waals surface area contributed by atoms with Crippen LogP contribution in [-0.4, -0.2) is 47.8 Å². The molecule has 2 heterocycles. The smallest absolute Gasteiger partial charge is 0.346 e. The van der Waals surface area contributed by atoms with Gasteiger partial charge in [-0.1, -0.05) is 27.7 Å². The third-order valence-electron chi connectivity index (χ3n) is 7.92. The molecule has 14 nitrogen and oxygen atoms in total. The van der Waals surface area contributed by atoms with Crippen molar-refractivity contribution in [1.29, 1.82) is 0 Å². The van der Waals surface area contributed by atoms with Crippen LogP contribution < -0.4 is 18.9 Å². The number of esters is 8. The zero-order valence-corrected chi connectivity index (χ0v) is 31.0. The van der Waals surface area contributed by atoms with E-state index in [1.165, 1.54) is 103 Å². The van der Waals surface area contributed by atoms with Crippen LogP contribution in [-0.2, 0) is 9.47 Å². The summed E-state index contributed by atoms with van der Waals surface area (Å²) < 4.78 is 30.6. The van der Waals surface area contributed by atoms with Crippen LogP contribution >= 0.6 is 0 Å². The highest BCUT2D eigenvalue weighted by atomic mass is 16.6. The van der Waals surface area contributed by atoms with Gasteiger partial charge in [0.2, 0.25) is 0 Å². The molecule has 5 aromatic rings. The van der Waals surface area contributed by atoms with Crippen molar-refractivity contribution < 1.29 is 66.8 Å². The number of hydrogen-bond donors (Lipinski definition) is 0. The maximum Gasteiger partial charge on any atom is 0.346 e. The van der Waals surface area contributed by atoms with Gasteiger partial charge in [-0.3, -0.25) is 0 Å². The van der Waals surface area contributed by atoms with Crippen LogP contribution in [0.15, 0.2) is 103 Å². The molecular weight excluding hydrogens is 740 g/mol. The highest BCUT2D eigenvalue weighted by Gasteiger charge is 2.32. The van der Waals surface area contributed by atoms with Crippen molar-refractivity contribution in [1.82, 2.24) is 0 Å². The van der Waals surface area contributed by atoms with Gasteiger partial charge in [0.05, 0.1) is 44.5 Å². The van der Waals surface area contributed by atoms with Gasteiger partial charge in [-0.15, -0.1) is 0 Å². The van der Waals surface area contributed by atoms with Crippen molar-refractivity contribution in [2.24, 2.45) is 0 Å². The van der Waals surface area contributed by atoms with Crippen LogP contribution in [0.3, 0.4) is 0 Å². The minimum absolute atomic E-state index is 0.0185. The summed E-state index contributed by atoms with van der Waals surface area (Å²) in [5.74, 6) is -5.77. The lowest BCUT2D eigenvalue weighted by Gasteiger charge is -2.11. The lowest BCUT2D eigenvalue weighted by molar-refractivity contribution is 0.0425. The van der Waals surface area contributed by atoms with Gasteiger partial charge in [0, 0.05) is 0 Å². The third kappa shape index (κ3) is 8.98. The second-order valence-electron chi connectivity index (χ2n) is 11.4. The Labute approximate surface area is 324 Å². The Morgan fingerprint density at radius 3 is 1.14 bits per heavy atom. The quantitative estimate of drug-likeness (QED) is 0.0853. The summed E-state index contributed by atoms with van der Waals surface area (Å²) in [4.78, 5) is 97.6. The Balaban J connectivity index is 0.00000150. The first kappa shape index (κ1) is 40.4. The topological polar surface area (TPSA) is 192 Å². The van der Waals surface area contributed by atoms with Crippen LogP contribution in [0, 0.1) is 6.92 Å². The number of rotatable bonds is 8. The van der Waals surface area contributed by atoms with Crippen LogP contribution in [0.1, 0.15) is 116 Å². The highest BCUT2D eigenvalue weighted by molar-refractivity contribution is 6.16. The van der Waals surface area contributed by atoms with E-state index < -0.39 is 47.8 Å². The second kappa shape index (κ2) is 17.6. The number of aryl methyl sites for hydroxylation is 1. The Bertz CT molecular complexity index is 2440. The van der Waals surface area contributed by atoms with Crippen molar-refractivity contribution in [2.75, 3.05) is 0 Å². The van der Waals surface area contributed by atoms with Crippen molar-refractivity contribution in [2.45, 2.75) is 34.6 Å². The van der Waals surface area contributed by atoms with Gasteiger partial charge >= 0.3 is 47.8 Å². The van der Waals surface area contributed by atoms with E-state index in [-0.39, 0.29) is 67.5 Å². The van der Waals surface area contributed by atoms with Crippen LogP contribution in [0.2, 0.25) is 0 Å². The lowest BCUT2D eigenvalue weighted by Crippen LogP contribution is -2.12. The fourth-order valence-corrected chi connectivity index (χ4v) is 5.20. The average Bonchev–Trinajstić information content (AvgIpc) is 3.68. The minimum Gasteiger partial charge on any atom is -0.423 e. The predicted molar refractivity (Wildman–Crippen MR) is 199 cm³/mol. The molecule has 57 heavy (non-hydrogen) atoms. The largest absolute Gasteiger partial charge is 0.423 e. The number of carbonyl (C=O) groups is 8. The molecule has 0 aliphatic carbocycles. The summed E-state index contributed by atoms with van der Waals surface area (Å²) in [5.41, 5.74) is 0.819. The molecule has 0 fully saturated rings. The van der Waals surface area contributed by atoms with Crippen LogP contribution in [0.25, 0.3) is 0 Å². The van der Waals surface area contributed by atoms with E-state index in [1.54, 1.807) is 6.92 Å². The average molecular weight is 773 g/mol. The number of fused-ring (bicyclic) bond motifs is 2. The number of hydrogen-bond acceptors (Lipinski definition) is 14. The molecule has 0 unspecified atom stereocenters. The summed E-state index contributed by atoms with van der Waals surface area (Å²) >= 11 is 0.